The topological polar surface area (TPSA) is 24.9 Å². The van der Waals surface area contributed by atoms with Crippen molar-refractivity contribution in [2.45, 2.75) is 52.0 Å². The number of aromatic nitrogens is 1. The van der Waals surface area contributed by atoms with Crippen molar-refractivity contribution < 1.29 is 0 Å². The fraction of sp³-hybridized carbons (Fsp3) is 0.786. The van der Waals surface area contributed by atoms with E-state index in [2.05, 4.69) is 24.1 Å². The number of nitrogens with zero attached hydrogens (tertiary/aromatic N) is 1. The highest BCUT2D eigenvalue weighted by molar-refractivity contribution is 7.09. The van der Waals surface area contributed by atoms with Crippen molar-refractivity contribution in [2.24, 2.45) is 11.8 Å². The Hall–Kier alpha value is -0.410. The second kappa shape index (κ2) is 6.50. The highest BCUT2D eigenvalue weighted by atomic mass is 32.1. The monoisotopic (exact) mass is 252 g/mol. The lowest BCUT2D eigenvalue weighted by Crippen LogP contribution is -2.41. The van der Waals surface area contributed by atoms with Crippen molar-refractivity contribution in [1.29, 1.82) is 0 Å². The van der Waals surface area contributed by atoms with Gasteiger partial charge in [-0.2, -0.15) is 0 Å². The molecule has 0 aromatic carbocycles. The number of hydrogen-bond acceptors (Lipinski definition) is 3. The van der Waals surface area contributed by atoms with E-state index in [4.69, 9.17) is 0 Å². The summed E-state index contributed by atoms with van der Waals surface area (Å²) in [6.45, 7) is 5.81. The zero-order valence-electron chi connectivity index (χ0n) is 11.0. The maximum absolute atomic E-state index is 4.19. The van der Waals surface area contributed by atoms with Gasteiger partial charge in [0.15, 0.2) is 0 Å². The summed E-state index contributed by atoms with van der Waals surface area (Å²) in [5.41, 5.74) is 1.95. The number of rotatable bonds is 5. The molecule has 3 atom stereocenters. The molecule has 17 heavy (non-hydrogen) atoms. The molecule has 1 aliphatic rings. The van der Waals surface area contributed by atoms with E-state index in [0.29, 0.717) is 0 Å². The van der Waals surface area contributed by atoms with Gasteiger partial charge in [0, 0.05) is 17.1 Å². The Morgan fingerprint density at radius 3 is 3.06 bits per heavy atom. The summed E-state index contributed by atoms with van der Waals surface area (Å²) in [7, 11) is 0. The SMILES string of the molecule is CCCNC1CCC(C)CC1Cc1cncs1. The third kappa shape index (κ3) is 3.78. The Morgan fingerprint density at radius 1 is 1.47 bits per heavy atom. The molecule has 1 N–H and O–H groups in total. The maximum atomic E-state index is 4.19. The largest absolute Gasteiger partial charge is 0.314 e. The van der Waals surface area contributed by atoms with Crippen LogP contribution >= 0.6 is 11.3 Å². The lowest BCUT2D eigenvalue weighted by atomic mass is 9.77. The summed E-state index contributed by atoms with van der Waals surface area (Å²) >= 11 is 1.80. The summed E-state index contributed by atoms with van der Waals surface area (Å²) in [5.74, 6) is 1.71. The second-order valence-electron chi connectivity index (χ2n) is 5.41. The predicted octanol–water partition coefficient (Wildman–Crippen LogP) is 3.49. The van der Waals surface area contributed by atoms with Crippen LogP contribution in [0, 0.1) is 11.8 Å². The fourth-order valence-electron chi connectivity index (χ4n) is 2.92. The van der Waals surface area contributed by atoms with E-state index in [1.807, 2.05) is 11.7 Å². The Bertz CT molecular complexity index is 308. The molecule has 3 unspecified atom stereocenters. The lowest BCUT2D eigenvalue weighted by Gasteiger charge is -2.35. The molecule has 0 spiro atoms. The van der Waals surface area contributed by atoms with Crippen molar-refractivity contribution in [3.63, 3.8) is 0 Å². The second-order valence-corrected chi connectivity index (χ2v) is 6.38. The van der Waals surface area contributed by atoms with Gasteiger partial charge in [0.05, 0.1) is 5.51 Å². The van der Waals surface area contributed by atoms with Crippen molar-refractivity contribution in [2.75, 3.05) is 6.54 Å². The van der Waals surface area contributed by atoms with Gasteiger partial charge in [0.25, 0.3) is 0 Å². The zero-order chi connectivity index (χ0) is 12.1. The molecule has 0 aliphatic heterocycles. The molecule has 1 aromatic rings. The smallest absolute Gasteiger partial charge is 0.0794 e. The van der Waals surface area contributed by atoms with E-state index in [-0.39, 0.29) is 0 Å². The Morgan fingerprint density at radius 2 is 2.35 bits per heavy atom. The molecule has 1 fully saturated rings. The number of nitrogens with one attached hydrogen (secondary N) is 1. The molecule has 1 aliphatic carbocycles. The van der Waals surface area contributed by atoms with E-state index in [9.17, 15) is 0 Å². The van der Waals surface area contributed by atoms with Gasteiger partial charge in [0.1, 0.15) is 0 Å². The molecule has 0 bridgehead atoms. The zero-order valence-corrected chi connectivity index (χ0v) is 11.8. The van der Waals surface area contributed by atoms with Gasteiger partial charge in [-0.25, -0.2) is 0 Å². The molecule has 1 heterocycles. The first-order valence-corrected chi connectivity index (χ1v) is 7.78. The maximum Gasteiger partial charge on any atom is 0.0794 e. The van der Waals surface area contributed by atoms with Gasteiger partial charge < -0.3 is 5.32 Å². The molecule has 96 valence electrons. The number of hydrogen-bond donors (Lipinski definition) is 1. The molecule has 0 saturated heterocycles. The van der Waals surface area contributed by atoms with Gasteiger partial charge in [-0.1, -0.05) is 13.8 Å². The lowest BCUT2D eigenvalue weighted by molar-refractivity contribution is 0.213. The van der Waals surface area contributed by atoms with Crippen molar-refractivity contribution in [1.82, 2.24) is 10.3 Å². The van der Waals surface area contributed by atoms with E-state index in [1.165, 1.54) is 37.0 Å². The van der Waals surface area contributed by atoms with Crippen LogP contribution < -0.4 is 5.32 Å². The Kier molecular flexibility index (Phi) is 4.99. The first-order chi connectivity index (χ1) is 8.29. The minimum Gasteiger partial charge on any atom is -0.314 e. The molecular weight excluding hydrogens is 228 g/mol. The van der Waals surface area contributed by atoms with E-state index in [0.717, 1.165) is 24.4 Å². The van der Waals surface area contributed by atoms with Crippen LogP contribution in [0.25, 0.3) is 0 Å². The minimum absolute atomic E-state index is 0.730. The first-order valence-electron chi connectivity index (χ1n) is 6.90. The molecule has 2 nitrogen and oxygen atoms in total. The van der Waals surface area contributed by atoms with Crippen molar-refractivity contribution in [3.8, 4) is 0 Å². The molecule has 3 heteroatoms. The highest BCUT2D eigenvalue weighted by Crippen LogP contribution is 2.32. The average Bonchev–Trinajstić information content (AvgIpc) is 2.81. The first kappa shape index (κ1) is 13.0. The molecule has 1 saturated carbocycles. The molecule has 0 amide bonds. The third-order valence-electron chi connectivity index (χ3n) is 3.85. The van der Waals surface area contributed by atoms with Crippen LogP contribution in [-0.2, 0) is 6.42 Å². The summed E-state index contributed by atoms with van der Waals surface area (Å²) in [6, 6.07) is 0.730. The van der Waals surface area contributed by atoms with Gasteiger partial charge in [-0.3, -0.25) is 4.98 Å². The van der Waals surface area contributed by atoms with Crippen LogP contribution in [0.15, 0.2) is 11.7 Å². The summed E-state index contributed by atoms with van der Waals surface area (Å²) in [5, 5.41) is 3.74. The summed E-state index contributed by atoms with van der Waals surface area (Å²) < 4.78 is 0. The molecular formula is C14H24N2S. The Balaban J connectivity index is 1.93. The standard InChI is InChI=1S/C14H24N2S/c1-3-6-16-14-5-4-11(2)7-12(14)8-13-9-15-10-17-13/h9-12,14,16H,3-8H2,1-2H3. The Labute approximate surface area is 109 Å². The average molecular weight is 252 g/mol. The highest BCUT2D eigenvalue weighted by Gasteiger charge is 2.28. The summed E-state index contributed by atoms with van der Waals surface area (Å²) in [4.78, 5) is 5.64. The van der Waals surface area contributed by atoms with Crippen LogP contribution in [0.1, 0.15) is 44.4 Å². The summed E-state index contributed by atoms with van der Waals surface area (Å²) in [6.07, 6.45) is 8.61. The van der Waals surface area contributed by atoms with Crippen LogP contribution in [0.3, 0.4) is 0 Å². The fourth-order valence-corrected chi connectivity index (χ4v) is 3.61. The van der Waals surface area contributed by atoms with Gasteiger partial charge in [-0.15, -0.1) is 11.3 Å². The third-order valence-corrected chi connectivity index (χ3v) is 4.65. The van der Waals surface area contributed by atoms with Crippen LogP contribution in [-0.4, -0.2) is 17.6 Å². The van der Waals surface area contributed by atoms with Gasteiger partial charge in [-0.05, 0) is 50.5 Å². The van der Waals surface area contributed by atoms with Crippen LogP contribution in [0.2, 0.25) is 0 Å². The molecule has 0 radical (unpaired) electrons. The quantitative estimate of drug-likeness (QED) is 0.867. The van der Waals surface area contributed by atoms with Crippen LogP contribution in [0.4, 0.5) is 0 Å². The van der Waals surface area contributed by atoms with Gasteiger partial charge in [0.2, 0.25) is 0 Å². The van der Waals surface area contributed by atoms with E-state index in [1.54, 1.807) is 11.3 Å². The van der Waals surface area contributed by atoms with E-state index < -0.39 is 0 Å². The van der Waals surface area contributed by atoms with Crippen molar-refractivity contribution >= 4 is 11.3 Å². The van der Waals surface area contributed by atoms with Crippen LogP contribution in [0.5, 0.6) is 0 Å². The van der Waals surface area contributed by atoms with E-state index >= 15 is 0 Å². The minimum atomic E-state index is 0.730. The molecule has 1 aromatic heterocycles. The predicted molar refractivity (Wildman–Crippen MR) is 74.4 cm³/mol. The number of thiazole rings is 1. The van der Waals surface area contributed by atoms with Crippen molar-refractivity contribution in [3.05, 3.63) is 16.6 Å². The normalized spacial score (nSPS) is 29.4. The molecule has 2 rings (SSSR count). The van der Waals surface area contributed by atoms with Gasteiger partial charge >= 0.3 is 0 Å².